The van der Waals surface area contributed by atoms with Gasteiger partial charge in [0.2, 0.25) is 12.7 Å². The molecule has 1 amide bonds. The summed E-state index contributed by atoms with van der Waals surface area (Å²) in [6, 6.07) is 14.4. The number of carbonyl (C=O) groups excluding carboxylic acids is 1. The number of ether oxygens (including phenoxy) is 2. The van der Waals surface area contributed by atoms with Gasteiger partial charge < -0.3 is 14.8 Å². The van der Waals surface area contributed by atoms with E-state index in [4.69, 9.17) is 14.7 Å². The summed E-state index contributed by atoms with van der Waals surface area (Å²) < 4.78 is 10.5. The highest BCUT2D eigenvalue weighted by Crippen LogP contribution is 2.34. The summed E-state index contributed by atoms with van der Waals surface area (Å²) in [5.74, 6) is 0.986. The minimum absolute atomic E-state index is 0.192. The van der Waals surface area contributed by atoms with Crippen LogP contribution in [0.1, 0.15) is 11.1 Å². The monoisotopic (exact) mass is 292 g/mol. The number of carbonyl (C=O) groups is 1. The highest BCUT2D eigenvalue weighted by atomic mass is 16.7. The van der Waals surface area contributed by atoms with Crippen LogP contribution in [0, 0.1) is 11.3 Å². The number of benzene rings is 2. The van der Waals surface area contributed by atoms with E-state index in [1.54, 1.807) is 42.5 Å². The van der Waals surface area contributed by atoms with Crippen LogP contribution < -0.4 is 14.8 Å². The number of rotatable bonds is 3. The number of hydrogen-bond acceptors (Lipinski definition) is 4. The Morgan fingerprint density at radius 1 is 1.18 bits per heavy atom. The molecule has 0 bridgehead atoms. The average molecular weight is 292 g/mol. The summed E-state index contributed by atoms with van der Waals surface area (Å²) in [4.78, 5) is 11.9. The maximum atomic E-state index is 11.9. The second kappa shape index (κ2) is 6.02. The van der Waals surface area contributed by atoms with Crippen molar-refractivity contribution in [1.82, 2.24) is 0 Å². The Morgan fingerprint density at radius 3 is 2.86 bits per heavy atom. The highest BCUT2D eigenvalue weighted by molar-refractivity contribution is 6.02. The largest absolute Gasteiger partial charge is 0.454 e. The summed E-state index contributed by atoms with van der Waals surface area (Å²) in [5.41, 5.74) is 1.84. The third-order valence-corrected chi connectivity index (χ3v) is 3.14. The summed E-state index contributed by atoms with van der Waals surface area (Å²) in [6.45, 7) is 0.192. The molecular formula is C17H12N2O3. The quantitative estimate of drug-likeness (QED) is 0.883. The van der Waals surface area contributed by atoms with Gasteiger partial charge in [0, 0.05) is 17.8 Å². The predicted octanol–water partition coefficient (Wildman–Crippen LogP) is 2.94. The van der Waals surface area contributed by atoms with E-state index >= 15 is 0 Å². The molecule has 0 saturated carbocycles. The van der Waals surface area contributed by atoms with Gasteiger partial charge in [-0.05, 0) is 29.8 Å². The van der Waals surface area contributed by atoms with E-state index < -0.39 is 0 Å². The molecular weight excluding hydrogens is 280 g/mol. The van der Waals surface area contributed by atoms with Gasteiger partial charge in [0.05, 0.1) is 11.6 Å². The van der Waals surface area contributed by atoms with Gasteiger partial charge in [0.1, 0.15) is 0 Å². The maximum absolute atomic E-state index is 11.9. The van der Waals surface area contributed by atoms with E-state index in [1.165, 1.54) is 6.08 Å². The van der Waals surface area contributed by atoms with Crippen LogP contribution in [-0.2, 0) is 4.79 Å². The van der Waals surface area contributed by atoms with Gasteiger partial charge in [-0.15, -0.1) is 0 Å². The number of anilines is 1. The van der Waals surface area contributed by atoms with Crippen molar-refractivity contribution < 1.29 is 14.3 Å². The van der Waals surface area contributed by atoms with Gasteiger partial charge in [0.15, 0.2) is 11.5 Å². The Morgan fingerprint density at radius 2 is 2.00 bits per heavy atom. The Bertz CT molecular complexity index is 791. The molecule has 5 heteroatoms. The first-order chi connectivity index (χ1) is 10.8. The Balaban J connectivity index is 1.70. The molecule has 5 nitrogen and oxygen atoms in total. The molecule has 2 aromatic rings. The van der Waals surface area contributed by atoms with Crippen molar-refractivity contribution in [2.75, 3.05) is 12.1 Å². The predicted molar refractivity (Wildman–Crippen MR) is 81.4 cm³/mol. The average Bonchev–Trinajstić information content (AvgIpc) is 3.01. The fourth-order valence-corrected chi connectivity index (χ4v) is 2.07. The Kier molecular flexibility index (Phi) is 3.75. The molecule has 0 spiro atoms. The van der Waals surface area contributed by atoms with Crippen LogP contribution >= 0.6 is 0 Å². The molecule has 1 heterocycles. The Hall–Kier alpha value is -3.26. The molecule has 1 N–H and O–H groups in total. The second-order valence-corrected chi connectivity index (χ2v) is 4.59. The molecule has 0 radical (unpaired) electrons. The first-order valence-electron chi connectivity index (χ1n) is 6.64. The number of fused-ring (bicyclic) bond motifs is 1. The summed E-state index contributed by atoms with van der Waals surface area (Å²) in [7, 11) is 0. The molecule has 2 aromatic carbocycles. The van der Waals surface area contributed by atoms with Gasteiger partial charge in [-0.2, -0.15) is 5.26 Å². The smallest absolute Gasteiger partial charge is 0.248 e. The molecule has 0 aliphatic carbocycles. The topological polar surface area (TPSA) is 71.4 Å². The second-order valence-electron chi connectivity index (χ2n) is 4.59. The van der Waals surface area contributed by atoms with Crippen LogP contribution in [0.5, 0.6) is 11.5 Å². The lowest BCUT2D eigenvalue weighted by molar-refractivity contribution is -0.111. The van der Waals surface area contributed by atoms with E-state index in [-0.39, 0.29) is 12.7 Å². The first-order valence-corrected chi connectivity index (χ1v) is 6.64. The van der Waals surface area contributed by atoms with E-state index in [0.717, 1.165) is 0 Å². The fraction of sp³-hybridized carbons (Fsp3) is 0.0588. The SMILES string of the molecule is N#Cc1ccccc1/C=C/C(=O)Nc1ccc2c(c1)OCO2. The van der Waals surface area contributed by atoms with Crippen molar-refractivity contribution in [2.24, 2.45) is 0 Å². The number of nitriles is 1. The van der Waals surface area contributed by atoms with Crippen LogP contribution in [0.2, 0.25) is 0 Å². The van der Waals surface area contributed by atoms with Crippen molar-refractivity contribution in [3.63, 3.8) is 0 Å². The van der Waals surface area contributed by atoms with Gasteiger partial charge in [0.25, 0.3) is 0 Å². The summed E-state index contributed by atoms with van der Waals surface area (Å²) >= 11 is 0. The van der Waals surface area contributed by atoms with Gasteiger partial charge in [-0.25, -0.2) is 0 Å². The third kappa shape index (κ3) is 2.91. The summed E-state index contributed by atoms with van der Waals surface area (Å²) in [5, 5.41) is 11.7. The lowest BCUT2D eigenvalue weighted by Crippen LogP contribution is -2.07. The molecule has 1 aliphatic heterocycles. The van der Waals surface area contributed by atoms with Gasteiger partial charge in [-0.3, -0.25) is 4.79 Å². The molecule has 108 valence electrons. The normalized spacial score (nSPS) is 12.1. The maximum Gasteiger partial charge on any atom is 0.248 e. The first kappa shape index (κ1) is 13.7. The van der Waals surface area contributed by atoms with Crippen molar-refractivity contribution >= 4 is 17.7 Å². The van der Waals surface area contributed by atoms with Gasteiger partial charge in [-0.1, -0.05) is 18.2 Å². The van der Waals surface area contributed by atoms with Crippen LogP contribution in [-0.4, -0.2) is 12.7 Å². The summed E-state index contributed by atoms with van der Waals surface area (Å²) in [6.07, 6.45) is 3.00. The molecule has 0 atom stereocenters. The van der Waals surface area contributed by atoms with E-state index in [0.29, 0.717) is 28.3 Å². The lowest BCUT2D eigenvalue weighted by atomic mass is 10.1. The number of amides is 1. The zero-order chi connectivity index (χ0) is 15.4. The highest BCUT2D eigenvalue weighted by Gasteiger charge is 2.13. The number of hydrogen-bond donors (Lipinski definition) is 1. The standard InChI is InChI=1S/C17H12N2O3/c18-10-13-4-2-1-3-12(13)5-8-17(20)19-14-6-7-15-16(9-14)22-11-21-15/h1-9H,11H2,(H,19,20)/b8-5+. The number of nitrogens with zero attached hydrogens (tertiary/aromatic N) is 1. The van der Waals surface area contributed by atoms with Crippen LogP contribution in [0.4, 0.5) is 5.69 Å². The molecule has 0 unspecified atom stereocenters. The van der Waals surface area contributed by atoms with Crippen LogP contribution in [0.25, 0.3) is 6.08 Å². The van der Waals surface area contributed by atoms with Crippen molar-refractivity contribution in [2.45, 2.75) is 0 Å². The Labute approximate surface area is 127 Å². The molecule has 1 aliphatic rings. The zero-order valence-corrected chi connectivity index (χ0v) is 11.6. The van der Waals surface area contributed by atoms with Crippen molar-refractivity contribution in [3.8, 4) is 17.6 Å². The van der Waals surface area contributed by atoms with Crippen LogP contribution in [0.3, 0.4) is 0 Å². The minimum atomic E-state index is -0.286. The van der Waals surface area contributed by atoms with E-state index in [9.17, 15) is 4.79 Å². The van der Waals surface area contributed by atoms with Crippen molar-refractivity contribution in [3.05, 3.63) is 59.7 Å². The molecule has 0 saturated heterocycles. The lowest BCUT2D eigenvalue weighted by Gasteiger charge is -2.03. The van der Waals surface area contributed by atoms with E-state index in [2.05, 4.69) is 11.4 Å². The fourth-order valence-electron chi connectivity index (χ4n) is 2.07. The molecule has 0 aromatic heterocycles. The molecule has 0 fully saturated rings. The molecule has 22 heavy (non-hydrogen) atoms. The zero-order valence-electron chi connectivity index (χ0n) is 11.6. The van der Waals surface area contributed by atoms with Crippen LogP contribution in [0.15, 0.2) is 48.5 Å². The number of nitrogens with one attached hydrogen (secondary N) is 1. The van der Waals surface area contributed by atoms with E-state index in [1.807, 2.05) is 6.07 Å². The minimum Gasteiger partial charge on any atom is -0.454 e. The van der Waals surface area contributed by atoms with Crippen molar-refractivity contribution in [1.29, 1.82) is 5.26 Å². The van der Waals surface area contributed by atoms with Gasteiger partial charge >= 0.3 is 0 Å². The third-order valence-electron chi connectivity index (χ3n) is 3.14. The molecule has 3 rings (SSSR count).